The molecule has 1 aromatic carbocycles. The highest BCUT2D eigenvalue weighted by Crippen LogP contribution is 2.20. The molecule has 2 aromatic rings. The number of imidazole rings is 1. The molecule has 7 heteroatoms. The van der Waals surface area contributed by atoms with Crippen molar-refractivity contribution in [2.45, 2.75) is 51.7 Å². The fourth-order valence-corrected chi connectivity index (χ4v) is 4.18. The summed E-state index contributed by atoms with van der Waals surface area (Å²) >= 11 is 0. The van der Waals surface area contributed by atoms with Crippen LogP contribution in [0.4, 0.5) is 0 Å². The van der Waals surface area contributed by atoms with Crippen molar-refractivity contribution in [3.63, 3.8) is 0 Å². The van der Waals surface area contributed by atoms with E-state index in [1.165, 1.54) is 0 Å². The lowest BCUT2D eigenvalue weighted by Crippen LogP contribution is -2.40. The van der Waals surface area contributed by atoms with E-state index in [1.807, 2.05) is 33.7 Å². The second kappa shape index (κ2) is 8.95. The molecule has 0 saturated carbocycles. The Balaban J connectivity index is 1.44. The van der Waals surface area contributed by atoms with Crippen LogP contribution in [0, 0.1) is 5.92 Å². The third-order valence-corrected chi connectivity index (χ3v) is 6.03. The number of amides is 2. The van der Waals surface area contributed by atoms with Crippen LogP contribution in [0.5, 0.6) is 0 Å². The van der Waals surface area contributed by atoms with Crippen molar-refractivity contribution < 1.29 is 14.3 Å². The molecule has 0 aliphatic carbocycles. The number of para-hydroxylation sites is 2. The lowest BCUT2D eigenvalue weighted by Gasteiger charge is -2.30. The van der Waals surface area contributed by atoms with Gasteiger partial charge in [0.05, 0.1) is 11.0 Å². The molecule has 1 atom stereocenters. The molecule has 29 heavy (non-hydrogen) atoms. The number of benzene rings is 1. The highest BCUT2D eigenvalue weighted by molar-refractivity contribution is 5.82. The predicted octanol–water partition coefficient (Wildman–Crippen LogP) is 2.13. The van der Waals surface area contributed by atoms with Gasteiger partial charge in [0.1, 0.15) is 18.5 Å². The molecule has 2 aliphatic heterocycles. The van der Waals surface area contributed by atoms with E-state index in [-0.39, 0.29) is 17.9 Å². The van der Waals surface area contributed by atoms with Gasteiger partial charge in [-0.1, -0.05) is 19.1 Å². The number of ether oxygens (including phenoxy) is 1. The Morgan fingerprint density at radius 3 is 2.76 bits per heavy atom. The van der Waals surface area contributed by atoms with E-state index in [0.29, 0.717) is 32.0 Å². The zero-order valence-electron chi connectivity index (χ0n) is 17.1. The first kappa shape index (κ1) is 19.9. The first-order valence-electron chi connectivity index (χ1n) is 10.7. The number of hydrogen-bond donors (Lipinski definition) is 1. The Morgan fingerprint density at radius 2 is 2.00 bits per heavy atom. The smallest absolute Gasteiger partial charge is 0.249 e. The summed E-state index contributed by atoms with van der Waals surface area (Å²) in [6, 6.07) is 7.89. The fraction of sp³-hybridized carbons (Fsp3) is 0.591. The lowest BCUT2D eigenvalue weighted by atomic mass is 9.99. The average molecular weight is 399 g/mol. The average Bonchev–Trinajstić information content (AvgIpc) is 3.37. The molecule has 0 bridgehead atoms. The predicted molar refractivity (Wildman–Crippen MR) is 110 cm³/mol. The third kappa shape index (κ3) is 4.61. The van der Waals surface area contributed by atoms with Gasteiger partial charge in [0, 0.05) is 32.7 Å². The van der Waals surface area contributed by atoms with Gasteiger partial charge in [-0.05, 0) is 43.7 Å². The molecule has 3 heterocycles. The number of nitrogens with zero attached hydrogens (tertiary/aromatic N) is 3. The summed E-state index contributed by atoms with van der Waals surface area (Å²) < 4.78 is 7.44. The van der Waals surface area contributed by atoms with E-state index in [1.54, 1.807) is 0 Å². The number of rotatable bonds is 6. The van der Waals surface area contributed by atoms with Gasteiger partial charge in [0.25, 0.3) is 0 Å². The number of carbonyl (C=O) groups excluding carboxylic acids is 2. The summed E-state index contributed by atoms with van der Waals surface area (Å²) in [7, 11) is 0. The molecule has 2 aliphatic rings. The van der Waals surface area contributed by atoms with Crippen LogP contribution in [-0.2, 0) is 27.3 Å². The second-order valence-electron chi connectivity index (χ2n) is 8.21. The van der Waals surface area contributed by atoms with Crippen LogP contribution >= 0.6 is 0 Å². The molecule has 1 N–H and O–H groups in total. The summed E-state index contributed by atoms with van der Waals surface area (Å²) in [5.74, 6) is 1.61. The highest BCUT2D eigenvalue weighted by atomic mass is 16.5. The van der Waals surface area contributed by atoms with Crippen molar-refractivity contribution in [2.24, 2.45) is 5.92 Å². The fourth-order valence-electron chi connectivity index (χ4n) is 4.18. The van der Waals surface area contributed by atoms with Crippen LogP contribution in [0.15, 0.2) is 24.3 Å². The molecule has 0 radical (unpaired) electrons. The van der Waals surface area contributed by atoms with Crippen LogP contribution in [0.1, 0.15) is 38.4 Å². The number of piperidine rings is 1. The molecule has 7 nitrogen and oxygen atoms in total. The second-order valence-corrected chi connectivity index (χ2v) is 8.21. The quantitative estimate of drug-likeness (QED) is 0.809. The van der Waals surface area contributed by atoms with Crippen LogP contribution in [0.3, 0.4) is 0 Å². The maximum atomic E-state index is 12.9. The number of nitrogens with one attached hydrogen (secondary N) is 1. The normalized spacial score (nSPS) is 20.3. The van der Waals surface area contributed by atoms with Crippen molar-refractivity contribution in [3.8, 4) is 0 Å². The van der Waals surface area contributed by atoms with Gasteiger partial charge in [0.2, 0.25) is 11.8 Å². The lowest BCUT2D eigenvalue weighted by molar-refractivity contribution is -0.133. The van der Waals surface area contributed by atoms with Crippen LogP contribution < -0.4 is 5.32 Å². The van der Waals surface area contributed by atoms with Crippen LogP contribution in [0.2, 0.25) is 0 Å². The first-order valence-corrected chi connectivity index (χ1v) is 10.7. The molecule has 2 amide bonds. The topological polar surface area (TPSA) is 76.5 Å². The minimum Gasteiger partial charge on any atom is -0.368 e. The van der Waals surface area contributed by atoms with Gasteiger partial charge in [-0.25, -0.2) is 4.98 Å². The van der Waals surface area contributed by atoms with Gasteiger partial charge in [-0.3, -0.25) is 9.59 Å². The van der Waals surface area contributed by atoms with Gasteiger partial charge in [-0.2, -0.15) is 0 Å². The van der Waals surface area contributed by atoms with Crippen molar-refractivity contribution in [3.05, 3.63) is 30.1 Å². The first-order chi connectivity index (χ1) is 14.1. The van der Waals surface area contributed by atoms with Crippen molar-refractivity contribution in [1.29, 1.82) is 0 Å². The minimum absolute atomic E-state index is 0.0522. The molecule has 2 fully saturated rings. The molecular formula is C22H30N4O3. The van der Waals surface area contributed by atoms with E-state index < -0.39 is 0 Å². The summed E-state index contributed by atoms with van der Waals surface area (Å²) in [4.78, 5) is 31.8. The Kier molecular flexibility index (Phi) is 6.13. The number of aromatic nitrogens is 2. The summed E-state index contributed by atoms with van der Waals surface area (Å²) in [6.45, 7) is 5.35. The van der Waals surface area contributed by atoms with Crippen LogP contribution in [0.25, 0.3) is 11.0 Å². The standard InChI is InChI=1S/C22H30N4O3/c1-16-9-12-25(13-10-16)21(27)15-26-18-6-3-2-5-17(18)24-20(26)8-11-23-22(28)19-7-4-14-29-19/h2-3,5-6,16,19H,4,7-15H2,1H3,(H,23,28). The molecular weight excluding hydrogens is 368 g/mol. The summed E-state index contributed by atoms with van der Waals surface area (Å²) in [5, 5.41) is 2.95. The van der Waals surface area contributed by atoms with Gasteiger partial charge < -0.3 is 19.5 Å². The van der Waals surface area contributed by atoms with E-state index in [2.05, 4.69) is 12.2 Å². The third-order valence-electron chi connectivity index (χ3n) is 6.03. The Bertz CT molecular complexity index is 864. The Hall–Kier alpha value is -2.41. The van der Waals surface area contributed by atoms with Gasteiger partial charge in [0.15, 0.2) is 0 Å². The van der Waals surface area contributed by atoms with E-state index in [9.17, 15) is 9.59 Å². The van der Waals surface area contributed by atoms with E-state index in [0.717, 1.165) is 55.6 Å². The SMILES string of the molecule is CC1CCN(C(=O)Cn2c(CCNC(=O)C3CCCO3)nc3ccccc32)CC1. The highest BCUT2D eigenvalue weighted by Gasteiger charge is 2.24. The Labute approximate surface area is 171 Å². The number of fused-ring (bicyclic) bond motifs is 1. The number of carbonyl (C=O) groups is 2. The van der Waals surface area contributed by atoms with E-state index >= 15 is 0 Å². The number of hydrogen-bond acceptors (Lipinski definition) is 4. The largest absolute Gasteiger partial charge is 0.368 e. The maximum Gasteiger partial charge on any atom is 0.249 e. The molecule has 1 unspecified atom stereocenters. The number of likely N-dealkylation sites (tertiary alicyclic amines) is 1. The van der Waals surface area contributed by atoms with Crippen LogP contribution in [-0.4, -0.2) is 58.6 Å². The monoisotopic (exact) mass is 398 g/mol. The molecule has 156 valence electrons. The summed E-state index contributed by atoms with van der Waals surface area (Å²) in [5.41, 5.74) is 1.85. The Morgan fingerprint density at radius 1 is 1.21 bits per heavy atom. The molecule has 2 saturated heterocycles. The van der Waals surface area contributed by atoms with Crippen molar-refractivity contribution in [1.82, 2.24) is 19.8 Å². The van der Waals surface area contributed by atoms with E-state index in [4.69, 9.17) is 9.72 Å². The molecule has 4 rings (SSSR count). The summed E-state index contributed by atoms with van der Waals surface area (Å²) in [6.07, 6.45) is 4.12. The zero-order chi connectivity index (χ0) is 20.2. The van der Waals surface area contributed by atoms with Crippen molar-refractivity contribution >= 4 is 22.8 Å². The van der Waals surface area contributed by atoms with Gasteiger partial charge >= 0.3 is 0 Å². The minimum atomic E-state index is -0.322. The van der Waals surface area contributed by atoms with Gasteiger partial charge in [-0.15, -0.1) is 0 Å². The maximum absolute atomic E-state index is 12.9. The zero-order valence-corrected chi connectivity index (χ0v) is 17.1. The molecule has 1 aromatic heterocycles. The van der Waals surface area contributed by atoms with Crippen molar-refractivity contribution in [2.75, 3.05) is 26.2 Å². The molecule has 0 spiro atoms.